The van der Waals surface area contributed by atoms with E-state index in [-0.39, 0.29) is 30.8 Å². The number of benzene rings is 1. The average Bonchev–Trinajstić information content (AvgIpc) is 3.12. The van der Waals surface area contributed by atoms with Gasteiger partial charge in [-0.05, 0) is 6.92 Å². The van der Waals surface area contributed by atoms with Crippen LogP contribution in [0.2, 0.25) is 25.1 Å². The van der Waals surface area contributed by atoms with Gasteiger partial charge >= 0.3 is 0 Å². The smallest absolute Gasteiger partial charge is 0.261 e. The fourth-order valence-corrected chi connectivity index (χ4v) is 3.69. The Kier molecular flexibility index (Phi) is 5.01. The maximum atomic E-state index is 12.7. The Morgan fingerprint density at radius 3 is 1.96 bits per heavy atom. The summed E-state index contributed by atoms with van der Waals surface area (Å²) < 4.78 is 10.8. The van der Waals surface area contributed by atoms with Gasteiger partial charge in [-0.1, -0.05) is 58.0 Å². The van der Waals surface area contributed by atoms with Crippen molar-refractivity contribution in [3.05, 3.63) is 25.1 Å². The number of ether oxygens (including phenoxy) is 2. The zero-order valence-electron chi connectivity index (χ0n) is 11.6. The normalized spacial score (nSPS) is 22.2. The lowest BCUT2D eigenvalue weighted by Gasteiger charge is -2.20. The molecule has 1 unspecified atom stereocenters. The number of hydrogen-bond acceptors (Lipinski definition) is 4. The molecule has 0 radical (unpaired) electrons. The van der Waals surface area contributed by atoms with Gasteiger partial charge in [0.25, 0.3) is 5.91 Å². The lowest BCUT2D eigenvalue weighted by Crippen LogP contribution is -2.36. The minimum atomic E-state index is -0.688. The standard InChI is InChI=1S/C13H9Cl5N2O3/c1-4-5(13-22-2-3-23-13)12(21)20(19-4)11-9(17)7(15)6(14)8(16)10(11)18/h5,13H,2-3H2,1H3. The second-order valence-corrected chi connectivity index (χ2v) is 6.79. The van der Waals surface area contributed by atoms with Gasteiger partial charge in [0.05, 0.1) is 44.0 Å². The zero-order chi connectivity index (χ0) is 16.9. The van der Waals surface area contributed by atoms with Crippen LogP contribution in [0.15, 0.2) is 5.10 Å². The quantitative estimate of drug-likeness (QED) is 0.518. The van der Waals surface area contributed by atoms with E-state index < -0.39 is 18.1 Å². The molecule has 124 valence electrons. The van der Waals surface area contributed by atoms with Crippen LogP contribution in [0.3, 0.4) is 0 Å². The van der Waals surface area contributed by atoms with Crippen LogP contribution in [0.4, 0.5) is 5.69 Å². The third-order valence-corrected chi connectivity index (χ3v) is 5.76. The molecule has 23 heavy (non-hydrogen) atoms. The third-order valence-electron chi connectivity index (χ3n) is 3.50. The van der Waals surface area contributed by atoms with Gasteiger partial charge in [-0.15, -0.1) is 0 Å². The maximum absolute atomic E-state index is 12.7. The third kappa shape index (κ3) is 2.82. The molecule has 1 aromatic carbocycles. The highest BCUT2D eigenvalue weighted by atomic mass is 35.5. The Morgan fingerprint density at radius 2 is 1.43 bits per heavy atom. The topological polar surface area (TPSA) is 51.1 Å². The summed E-state index contributed by atoms with van der Waals surface area (Å²) in [5.41, 5.74) is 0.591. The Hall–Kier alpha value is -0.270. The van der Waals surface area contributed by atoms with E-state index in [1.165, 1.54) is 0 Å². The Morgan fingerprint density at radius 1 is 0.957 bits per heavy atom. The van der Waals surface area contributed by atoms with Crippen LogP contribution in [-0.2, 0) is 14.3 Å². The van der Waals surface area contributed by atoms with Gasteiger partial charge in [0.15, 0.2) is 6.29 Å². The van der Waals surface area contributed by atoms with Gasteiger partial charge in [-0.25, -0.2) is 0 Å². The summed E-state index contributed by atoms with van der Waals surface area (Å²) >= 11 is 30.4. The molecule has 2 heterocycles. The summed E-state index contributed by atoms with van der Waals surface area (Å²) in [6, 6.07) is 0. The Labute approximate surface area is 157 Å². The maximum Gasteiger partial charge on any atom is 0.261 e. The molecule has 0 aromatic heterocycles. The zero-order valence-corrected chi connectivity index (χ0v) is 15.4. The van der Waals surface area contributed by atoms with Crippen molar-refractivity contribution >= 4 is 75.3 Å². The highest BCUT2D eigenvalue weighted by Gasteiger charge is 2.44. The summed E-state index contributed by atoms with van der Waals surface area (Å²) in [4.78, 5) is 12.7. The molecule has 0 N–H and O–H groups in total. The monoisotopic (exact) mass is 416 g/mol. The molecule has 2 aliphatic rings. The summed E-state index contributed by atoms with van der Waals surface area (Å²) in [5.74, 6) is -1.08. The van der Waals surface area contributed by atoms with Crippen molar-refractivity contribution in [3.63, 3.8) is 0 Å². The number of nitrogens with zero attached hydrogens (tertiary/aromatic N) is 2. The van der Waals surface area contributed by atoms with Crippen LogP contribution in [0.1, 0.15) is 6.92 Å². The Balaban J connectivity index is 2.05. The van der Waals surface area contributed by atoms with Crippen LogP contribution in [0.5, 0.6) is 0 Å². The number of amides is 1. The minimum absolute atomic E-state index is 0.00444. The van der Waals surface area contributed by atoms with E-state index in [9.17, 15) is 4.79 Å². The molecule has 0 spiro atoms. The predicted octanol–water partition coefficient (Wildman–Crippen LogP) is 4.67. The van der Waals surface area contributed by atoms with Crippen molar-refractivity contribution in [1.82, 2.24) is 0 Å². The first-order chi connectivity index (χ1) is 10.8. The van der Waals surface area contributed by atoms with Gasteiger partial charge in [-0.2, -0.15) is 10.1 Å². The van der Waals surface area contributed by atoms with Gasteiger partial charge in [-0.3, -0.25) is 4.79 Å². The fraction of sp³-hybridized carbons (Fsp3) is 0.385. The first-order valence-corrected chi connectivity index (χ1v) is 8.37. The van der Waals surface area contributed by atoms with E-state index in [1.807, 2.05) is 0 Å². The van der Waals surface area contributed by atoms with E-state index in [0.717, 1.165) is 5.01 Å². The van der Waals surface area contributed by atoms with Crippen molar-refractivity contribution in [2.45, 2.75) is 13.2 Å². The second kappa shape index (κ2) is 6.56. The predicted molar refractivity (Wildman–Crippen MR) is 91.3 cm³/mol. The Bertz CT molecular complexity index is 689. The van der Waals surface area contributed by atoms with E-state index >= 15 is 0 Å². The molecule has 1 atom stereocenters. The van der Waals surface area contributed by atoms with Crippen molar-refractivity contribution in [1.29, 1.82) is 0 Å². The van der Waals surface area contributed by atoms with Crippen molar-refractivity contribution < 1.29 is 14.3 Å². The summed E-state index contributed by atoms with van der Waals surface area (Å²) in [7, 11) is 0. The first-order valence-electron chi connectivity index (χ1n) is 6.48. The number of carbonyl (C=O) groups is 1. The number of hydrazone groups is 1. The first kappa shape index (κ1) is 17.5. The van der Waals surface area contributed by atoms with Gasteiger partial charge < -0.3 is 9.47 Å². The molecular formula is C13H9Cl5N2O3. The van der Waals surface area contributed by atoms with Crippen LogP contribution in [0, 0.1) is 5.92 Å². The molecule has 1 aromatic rings. The lowest BCUT2D eigenvalue weighted by atomic mass is 10.0. The van der Waals surface area contributed by atoms with E-state index in [4.69, 9.17) is 67.5 Å². The molecule has 1 fully saturated rings. The summed E-state index contributed by atoms with van der Waals surface area (Å²) in [6.07, 6.45) is -0.688. The van der Waals surface area contributed by atoms with Crippen molar-refractivity contribution in [2.75, 3.05) is 18.2 Å². The number of rotatable bonds is 2. The van der Waals surface area contributed by atoms with E-state index in [1.54, 1.807) is 6.92 Å². The number of hydrogen-bond donors (Lipinski definition) is 0. The molecule has 5 nitrogen and oxygen atoms in total. The highest BCUT2D eigenvalue weighted by molar-refractivity contribution is 6.56. The largest absolute Gasteiger partial charge is 0.349 e. The van der Waals surface area contributed by atoms with Gasteiger partial charge in [0.2, 0.25) is 0 Å². The van der Waals surface area contributed by atoms with Crippen molar-refractivity contribution in [3.8, 4) is 0 Å². The number of anilines is 1. The lowest BCUT2D eigenvalue weighted by molar-refractivity contribution is -0.131. The minimum Gasteiger partial charge on any atom is -0.349 e. The number of halogens is 5. The van der Waals surface area contributed by atoms with Crippen LogP contribution in [-0.4, -0.2) is 31.1 Å². The van der Waals surface area contributed by atoms with Crippen molar-refractivity contribution in [2.24, 2.45) is 11.0 Å². The van der Waals surface area contributed by atoms with E-state index in [0.29, 0.717) is 18.9 Å². The molecule has 0 aliphatic carbocycles. The molecule has 0 saturated carbocycles. The summed E-state index contributed by atoms with van der Waals surface area (Å²) in [5, 5.41) is 5.25. The SMILES string of the molecule is CC1=NN(c2c(Cl)c(Cl)c(Cl)c(Cl)c2Cl)C(=O)C1C1OCCO1. The van der Waals surface area contributed by atoms with Gasteiger partial charge in [0, 0.05) is 0 Å². The molecule has 1 saturated heterocycles. The molecule has 3 rings (SSSR count). The van der Waals surface area contributed by atoms with Crippen LogP contribution < -0.4 is 5.01 Å². The van der Waals surface area contributed by atoms with Crippen LogP contribution >= 0.6 is 58.0 Å². The molecule has 0 bridgehead atoms. The molecule has 1 amide bonds. The molecule has 10 heteroatoms. The molecule has 2 aliphatic heterocycles. The van der Waals surface area contributed by atoms with Gasteiger partial charge in [0.1, 0.15) is 11.6 Å². The summed E-state index contributed by atoms with van der Waals surface area (Å²) in [6.45, 7) is 2.53. The highest BCUT2D eigenvalue weighted by Crippen LogP contribution is 2.49. The molecular weight excluding hydrogens is 409 g/mol. The average molecular weight is 418 g/mol. The van der Waals surface area contributed by atoms with E-state index in [2.05, 4.69) is 5.10 Å². The fourth-order valence-electron chi connectivity index (χ4n) is 2.40. The number of carbonyl (C=O) groups excluding carboxylic acids is 1. The van der Waals surface area contributed by atoms with Crippen LogP contribution in [0.25, 0.3) is 0 Å². The second-order valence-electron chi connectivity index (χ2n) is 4.90.